The number of para-hydroxylation sites is 1. The Labute approximate surface area is 169 Å². The number of fused-ring (bicyclic) bond motifs is 1. The summed E-state index contributed by atoms with van der Waals surface area (Å²) in [5, 5.41) is 15.2. The Kier molecular flexibility index (Phi) is 6.31. The second-order valence-corrected chi connectivity index (χ2v) is 6.51. The maximum absolute atomic E-state index is 12.6. The minimum atomic E-state index is -4.44. The van der Waals surface area contributed by atoms with Crippen LogP contribution in [0.4, 0.5) is 13.2 Å². The van der Waals surface area contributed by atoms with Gasteiger partial charge >= 0.3 is 6.18 Å². The van der Waals surface area contributed by atoms with Crippen LogP contribution in [-0.2, 0) is 17.5 Å². The molecule has 0 aliphatic carbocycles. The van der Waals surface area contributed by atoms with Gasteiger partial charge in [0, 0.05) is 11.9 Å². The highest BCUT2D eigenvalue weighted by Gasteiger charge is 2.30. The summed E-state index contributed by atoms with van der Waals surface area (Å²) < 4.78 is 37.8. The van der Waals surface area contributed by atoms with Gasteiger partial charge in [0.2, 0.25) is 5.91 Å². The molecule has 0 saturated carbocycles. The highest BCUT2D eigenvalue weighted by Crippen LogP contribution is 2.29. The van der Waals surface area contributed by atoms with E-state index in [1.807, 2.05) is 12.1 Å². The maximum Gasteiger partial charge on any atom is 0.416 e. The second-order valence-electron chi connectivity index (χ2n) is 6.51. The zero-order chi connectivity index (χ0) is 21.7. The molecule has 6 nitrogen and oxygen atoms in total. The smallest absolute Gasteiger partial charge is 0.394 e. The SMILES string of the molecule is O=C(NC(CO)C(=O)NCc1ccc(C(F)(F)F)cc1)c1ccc2ccccc2n1. The third kappa shape index (κ3) is 5.12. The minimum Gasteiger partial charge on any atom is -0.394 e. The number of alkyl halides is 3. The van der Waals surface area contributed by atoms with Crippen molar-refractivity contribution in [2.24, 2.45) is 0 Å². The summed E-state index contributed by atoms with van der Waals surface area (Å²) in [7, 11) is 0. The van der Waals surface area contributed by atoms with Gasteiger partial charge in [-0.2, -0.15) is 13.2 Å². The van der Waals surface area contributed by atoms with E-state index in [-0.39, 0.29) is 12.2 Å². The molecule has 2 aromatic carbocycles. The maximum atomic E-state index is 12.6. The van der Waals surface area contributed by atoms with Crippen molar-refractivity contribution in [3.8, 4) is 0 Å². The largest absolute Gasteiger partial charge is 0.416 e. The van der Waals surface area contributed by atoms with Crippen molar-refractivity contribution in [2.75, 3.05) is 6.61 Å². The Balaban J connectivity index is 1.60. The summed E-state index contributed by atoms with van der Waals surface area (Å²) in [6, 6.07) is 13.5. The number of nitrogens with one attached hydrogen (secondary N) is 2. The zero-order valence-electron chi connectivity index (χ0n) is 15.6. The van der Waals surface area contributed by atoms with E-state index >= 15 is 0 Å². The molecular weight excluding hydrogens is 399 g/mol. The number of hydrogen-bond donors (Lipinski definition) is 3. The number of carbonyl (C=O) groups excluding carboxylic acids is 2. The van der Waals surface area contributed by atoms with Crippen molar-refractivity contribution < 1.29 is 27.9 Å². The Bertz CT molecular complexity index is 1050. The van der Waals surface area contributed by atoms with Crippen molar-refractivity contribution >= 4 is 22.7 Å². The number of hydrogen-bond acceptors (Lipinski definition) is 4. The monoisotopic (exact) mass is 417 g/mol. The minimum absolute atomic E-state index is 0.0580. The van der Waals surface area contributed by atoms with E-state index in [0.29, 0.717) is 11.1 Å². The molecule has 3 rings (SSSR count). The lowest BCUT2D eigenvalue weighted by Crippen LogP contribution is -2.48. The number of aromatic nitrogens is 1. The number of rotatable bonds is 6. The molecule has 1 atom stereocenters. The summed E-state index contributed by atoms with van der Waals surface area (Å²) in [6.07, 6.45) is -4.44. The van der Waals surface area contributed by atoms with Crippen LogP contribution >= 0.6 is 0 Å². The van der Waals surface area contributed by atoms with Crippen LogP contribution in [0, 0.1) is 0 Å². The molecule has 0 radical (unpaired) electrons. The molecule has 0 aliphatic heterocycles. The van der Waals surface area contributed by atoms with Crippen LogP contribution < -0.4 is 10.6 Å². The average molecular weight is 417 g/mol. The molecule has 0 bridgehead atoms. The zero-order valence-corrected chi connectivity index (χ0v) is 15.6. The number of pyridine rings is 1. The molecule has 30 heavy (non-hydrogen) atoms. The second kappa shape index (κ2) is 8.91. The lowest BCUT2D eigenvalue weighted by Gasteiger charge is -2.16. The Morgan fingerprint density at radius 3 is 2.37 bits per heavy atom. The van der Waals surface area contributed by atoms with Gasteiger partial charge in [-0.1, -0.05) is 36.4 Å². The van der Waals surface area contributed by atoms with E-state index in [0.717, 1.165) is 17.5 Å². The molecule has 1 aromatic heterocycles. The summed E-state index contributed by atoms with van der Waals surface area (Å²) in [5.74, 6) is -1.31. The number of nitrogens with zero attached hydrogens (tertiary/aromatic N) is 1. The van der Waals surface area contributed by atoms with Crippen molar-refractivity contribution in [1.82, 2.24) is 15.6 Å². The lowest BCUT2D eigenvalue weighted by atomic mass is 10.1. The molecule has 0 aliphatic rings. The van der Waals surface area contributed by atoms with Gasteiger partial charge in [-0.15, -0.1) is 0 Å². The van der Waals surface area contributed by atoms with Crippen LogP contribution in [0.5, 0.6) is 0 Å². The van der Waals surface area contributed by atoms with Gasteiger partial charge in [0.15, 0.2) is 0 Å². The van der Waals surface area contributed by atoms with Crippen molar-refractivity contribution in [1.29, 1.82) is 0 Å². The first kappa shape index (κ1) is 21.3. The van der Waals surface area contributed by atoms with Crippen LogP contribution in [0.1, 0.15) is 21.6 Å². The standard InChI is InChI=1S/C21H18F3N3O3/c22-21(23,24)15-8-5-13(6-9-15)11-25-19(29)18(12-28)27-20(30)17-10-7-14-3-1-2-4-16(14)26-17/h1-10,18,28H,11-12H2,(H,25,29)(H,27,30). The first-order chi connectivity index (χ1) is 14.3. The summed E-state index contributed by atoms with van der Waals surface area (Å²) in [4.78, 5) is 28.9. The van der Waals surface area contributed by atoms with E-state index < -0.39 is 36.2 Å². The van der Waals surface area contributed by atoms with Gasteiger partial charge in [-0.25, -0.2) is 4.98 Å². The molecule has 9 heteroatoms. The van der Waals surface area contributed by atoms with Crippen molar-refractivity contribution in [3.05, 3.63) is 77.5 Å². The predicted molar refractivity (Wildman–Crippen MR) is 103 cm³/mol. The number of carbonyl (C=O) groups is 2. The van der Waals surface area contributed by atoms with Crippen molar-refractivity contribution in [2.45, 2.75) is 18.8 Å². The summed E-state index contributed by atoms with van der Waals surface area (Å²) in [5.41, 5.74) is 0.344. The molecule has 0 spiro atoms. The van der Waals surface area contributed by atoms with E-state index in [1.54, 1.807) is 18.2 Å². The molecule has 3 aromatic rings. The average Bonchev–Trinajstić information content (AvgIpc) is 2.75. The molecule has 2 amide bonds. The fourth-order valence-corrected chi connectivity index (χ4v) is 2.74. The van der Waals surface area contributed by atoms with Gasteiger partial charge < -0.3 is 15.7 Å². The van der Waals surface area contributed by atoms with Crippen LogP contribution in [0.3, 0.4) is 0 Å². The third-order valence-corrected chi connectivity index (χ3v) is 4.38. The van der Waals surface area contributed by atoms with Crippen molar-refractivity contribution in [3.63, 3.8) is 0 Å². The number of halogens is 3. The first-order valence-electron chi connectivity index (χ1n) is 8.99. The summed E-state index contributed by atoms with van der Waals surface area (Å²) in [6.45, 7) is -0.713. The molecule has 0 fully saturated rings. The highest BCUT2D eigenvalue weighted by molar-refractivity contribution is 5.97. The van der Waals surface area contributed by atoms with Crippen LogP contribution in [0.15, 0.2) is 60.7 Å². The van der Waals surface area contributed by atoms with Gasteiger partial charge in [0.05, 0.1) is 17.7 Å². The van der Waals surface area contributed by atoms with Gasteiger partial charge in [-0.05, 0) is 29.8 Å². The molecular formula is C21H18F3N3O3. The number of benzene rings is 2. The van der Waals surface area contributed by atoms with Gasteiger partial charge in [0.1, 0.15) is 11.7 Å². The molecule has 3 N–H and O–H groups in total. The van der Waals surface area contributed by atoms with Crippen LogP contribution in [0.2, 0.25) is 0 Å². The predicted octanol–water partition coefficient (Wildman–Crippen LogP) is 2.66. The number of aliphatic hydroxyl groups is 1. The Morgan fingerprint density at radius 2 is 1.70 bits per heavy atom. The van der Waals surface area contributed by atoms with E-state index in [1.165, 1.54) is 18.2 Å². The van der Waals surface area contributed by atoms with E-state index in [4.69, 9.17) is 0 Å². The van der Waals surface area contributed by atoms with Gasteiger partial charge in [-0.3, -0.25) is 9.59 Å². The van der Waals surface area contributed by atoms with Crippen LogP contribution in [-0.4, -0.2) is 34.6 Å². The first-order valence-corrected chi connectivity index (χ1v) is 8.99. The topological polar surface area (TPSA) is 91.3 Å². The Morgan fingerprint density at radius 1 is 1.00 bits per heavy atom. The molecule has 1 unspecified atom stereocenters. The van der Waals surface area contributed by atoms with Crippen LogP contribution in [0.25, 0.3) is 10.9 Å². The number of aliphatic hydroxyl groups excluding tert-OH is 1. The lowest BCUT2D eigenvalue weighted by molar-refractivity contribution is -0.137. The normalized spacial score (nSPS) is 12.4. The third-order valence-electron chi connectivity index (χ3n) is 4.38. The molecule has 1 heterocycles. The fraction of sp³-hybridized carbons (Fsp3) is 0.190. The fourth-order valence-electron chi connectivity index (χ4n) is 2.74. The Hall–Kier alpha value is -3.46. The van der Waals surface area contributed by atoms with E-state index in [9.17, 15) is 27.9 Å². The summed E-state index contributed by atoms with van der Waals surface area (Å²) >= 11 is 0. The highest BCUT2D eigenvalue weighted by atomic mass is 19.4. The molecule has 156 valence electrons. The van der Waals surface area contributed by atoms with Gasteiger partial charge in [0.25, 0.3) is 5.91 Å². The van der Waals surface area contributed by atoms with E-state index in [2.05, 4.69) is 15.6 Å². The quantitative estimate of drug-likeness (QED) is 0.575. The number of amides is 2. The molecule has 0 saturated heterocycles.